The highest BCUT2D eigenvalue weighted by Gasteiger charge is 2.26. The number of hydrogen-bond donors (Lipinski definition) is 2. The quantitative estimate of drug-likeness (QED) is 0.866. The van der Waals surface area contributed by atoms with Crippen LogP contribution in [0.25, 0.3) is 0 Å². The van der Waals surface area contributed by atoms with Gasteiger partial charge in [-0.25, -0.2) is 0 Å². The topological polar surface area (TPSA) is 32.3 Å². The first-order chi connectivity index (χ1) is 8.56. The van der Waals surface area contributed by atoms with Gasteiger partial charge in [-0.2, -0.15) is 0 Å². The standard InChI is InChI=1S/C14H23NOS2/c1-9(6-10(2)16)8-15-13-7-11(3)18-14-12(13)4-5-17-14/h4-5,9-11,13,15-16H,6-8H2,1-3H3/t9?,10?,11-,13?/m0/s1. The molecule has 0 spiro atoms. The molecule has 0 amide bonds. The second-order valence-corrected chi connectivity index (χ2v) is 8.10. The van der Waals surface area contributed by atoms with Gasteiger partial charge < -0.3 is 10.4 Å². The van der Waals surface area contributed by atoms with Crippen LogP contribution in [0.5, 0.6) is 0 Å². The van der Waals surface area contributed by atoms with Gasteiger partial charge in [0.25, 0.3) is 0 Å². The highest BCUT2D eigenvalue weighted by molar-refractivity contribution is 8.01. The van der Waals surface area contributed by atoms with Crippen molar-refractivity contribution in [3.63, 3.8) is 0 Å². The van der Waals surface area contributed by atoms with Crippen LogP contribution in [0.4, 0.5) is 0 Å². The largest absolute Gasteiger partial charge is 0.393 e. The van der Waals surface area contributed by atoms with Gasteiger partial charge in [-0.15, -0.1) is 23.1 Å². The molecule has 102 valence electrons. The van der Waals surface area contributed by atoms with Gasteiger partial charge in [-0.3, -0.25) is 0 Å². The summed E-state index contributed by atoms with van der Waals surface area (Å²) in [5.74, 6) is 0.525. The van der Waals surface area contributed by atoms with Gasteiger partial charge in [0.15, 0.2) is 0 Å². The van der Waals surface area contributed by atoms with E-state index >= 15 is 0 Å². The Morgan fingerprint density at radius 2 is 2.28 bits per heavy atom. The smallest absolute Gasteiger partial charge is 0.0649 e. The fourth-order valence-corrected chi connectivity index (χ4v) is 5.12. The molecule has 4 heteroatoms. The van der Waals surface area contributed by atoms with E-state index in [4.69, 9.17) is 0 Å². The molecule has 0 radical (unpaired) electrons. The van der Waals surface area contributed by atoms with Crippen molar-refractivity contribution in [2.45, 2.75) is 55.2 Å². The van der Waals surface area contributed by atoms with Gasteiger partial charge in [-0.05, 0) is 49.2 Å². The molecule has 4 atom stereocenters. The summed E-state index contributed by atoms with van der Waals surface area (Å²) in [5.41, 5.74) is 1.48. The van der Waals surface area contributed by atoms with Gasteiger partial charge in [0.1, 0.15) is 0 Å². The molecule has 0 bridgehead atoms. The Morgan fingerprint density at radius 1 is 1.50 bits per heavy atom. The molecule has 1 aromatic heterocycles. The molecule has 2 nitrogen and oxygen atoms in total. The number of thioether (sulfide) groups is 1. The maximum absolute atomic E-state index is 9.40. The minimum atomic E-state index is -0.195. The van der Waals surface area contributed by atoms with Crippen LogP contribution in [0.1, 0.15) is 45.2 Å². The molecular weight excluding hydrogens is 262 g/mol. The number of aliphatic hydroxyl groups is 1. The molecule has 0 saturated carbocycles. The van der Waals surface area contributed by atoms with Gasteiger partial charge in [-0.1, -0.05) is 13.8 Å². The van der Waals surface area contributed by atoms with Crippen LogP contribution in [0.3, 0.4) is 0 Å². The zero-order chi connectivity index (χ0) is 13.1. The SMILES string of the molecule is CC(O)CC(C)CNC1C[C@H](C)Sc2sccc21. The number of hydrogen-bond acceptors (Lipinski definition) is 4. The summed E-state index contributed by atoms with van der Waals surface area (Å²) in [5, 5.41) is 16.0. The summed E-state index contributed by atoms with van der Waals surface area (Å²) in [6.07, 6.45) is 1.88. The van der Waals surface area contributed by atoms with E-state index < -0.39 is 0 Å². The molecule has 0 aromatic carbocycles. The molecule has 1 aliphatic heterocycles. The first kappa shape index (κ1) is 14.4. The number of fused-ring (bicyclic) bond motifs is 1. The van der Waals surface area contributed by atoms with E-state index in [2.05, 4.69) is 30.6 Å². The summed E-state index contributed by atoms with van der Waals surface area (Å²) in [4.78, 5) is 0. The summed E-state index contributed by atoms with van der Waals surface area (Å²) >= 11 is 3.87. The van der Waals surface area contributed by atoms with Crippen molar-refractivity contribution in [1.82, 2.24) is 5.32 Å². The molecule has 0 aliphatic carbocycles. The third-order valence-corrected chi connectivity index (χ3v) is 5.71. The Labute approximate surface area is 118 Å². The number of rotatable bonds is 5. The Balaban J connectivity index is 1.90. The van der Waals surface area contributed by atoms with E-state index in [1.165, 1.54) is 16.2 Å². The first-order valence-corrected chi connectivity index (χ1v) is 8.47. The van der Waals surface area contributed by atoms with E-state index in [9.17, 15) is 5.11 Å². The predicted octanol–water partition coefficient (Wildman–Crippen LogP) is 3.67. The monoisotopic (exact) mass is 285 g/mol. The minimum Gasteiger partial charge on any atom is -0.393 e. The Hall–Kier alpha value is -0.0300. The Kier molecular flexibility index (Phi) is 5.13. The van der Waals surface area contributed by atoms with Crippen molar-refractivity contribution >= 4 is 23.1 Å². The van der Waals surface area contributed by atoms with Crippen molar-refractivity contribution in [3.8, 4) is 0 Å². The molecule has 0 fully saturated rings. The van der Waals surface area contributed by atoms with Crippen molar-refractivity contribution in [3.05, 3.63) is 17.0 Å². The van der Waals surface area contributed by atoms with Crippen LogP contribution in [-0.2, 0) is 0 Å². The zero-order valence-corrected chi connectivity index (χ0v) is 13.0. The fourth-order valence-electron chi connectivity index (χ4n) is 2.55. The van der Waals surface area contributed by atoms with E-state index in [-0.39, 0.29) is 6.10 Å². The Morgan fingerprint density at radius 3 is 3.00 bits per heavy atom. The number of aliphatic hydroxyl groups excluding tert-OH is 1. The van der Waals surface area contributed by atoms with Crippen LogP contribution in [0, 0.1) is 5.92 Å². The molecule has 2 N–H and O–H groups in total. The average molecular weight is 285 g/mol. The lowest BCUT2D eigenvalue weighted by molar-refractivity contribution is 0.162. The molecule has 3 unspecified atom stereocenters. The summed E-state index contributed by atoms with van der Waals surface area (Å²) < 4.78 is 1.48. The van der Waals surface area contributed by atoms with Crippen LogP contribution in [-0.4, -0.2) is 23.0 Å². The minimum absolute atomic E-state index is 0.195. The molecule has 0 saturated heterocycles. The van der Waals surface area contributed by atoms with Crippen molar-refractivity contribution in [1.29, 1.82) is 0 Å². The van der Waals surface area contributed by atoms with Crippen LogP contribution >= 0.6 is 23.1 Å². The van der Waals surface area contributed by atoms with E-state index in [1.807, 2.05) is 30.0 Å². The van der Waals surface area contributed by atoms with E-state index in [0.717, 1.165) is 13.0 Å². The molecule has 2 heterocycles. The number of thiophene rings is 1. The lowest BCUT2D eigenvalue weighted by atomic mass is 10.0. The first-order valence-electron chi connectivity index (χ1n) is 6.71. The van der Waals surface area contributed by atoms with Gasteiger partial charge in [0.2, 0.25) is 0 Å². The third-order valence-electron chi connectivity index (χ3n) is 3.37. The second-order valence-electron chi connectivity index (χ2n) is 5.48. The lowest BCUT2D eigenvalue weighted by Gasteiger charge is -2.29. The highest BCUT2D eigenvalue weighted by atomic mass is 32.2. The van der Waals surface area contributed by atoms with Crippen LogP contribution in [0.15, 0.2) is 15.7 Å². The van der Waals surface area contributed by atoms with Gasteiger partial charge in [0.05, 0.1) is 10.3 Å². The van der Waals surface area contributed by atoms with Crippen LogP contribution < -0.4 is 5.32 Å². The van der Waals surface area contributed by atoms with Gasteiger partial charge in [0, 0.05) is 11.3 Å². The van der Waals surface area contributed by atoms with E-state index in [1.54, 1.807) is 0 Å². The van der Waals surface area contributed by atoms with Crippen molar-refractivity contribution in [2.24, 2.45) is 5.92 Å². The lowest BCUT2D eigenvalue weighted by Crippen LogP contribution is -2.30. The number of nitrogens with one attached hydrogen (secondary N) is 1. The Bertz CT molecular complexity index is 378. The van der Waals surface area contributed by atoms with E-state index in [0.29, 0.717) is 17.2 Å². The van der Waals surface area contributed by atoms with Crippen molar-refractivity contribution in [2.75, 3.05) is 6.54 Å². The molecular formula is C14H23NOS2. The fraction of sp³-hybridized carbons (Fsp3) is 0.714. The average Bonchev–Trinajstić information content (AvgIpc) is 2.72. The molecule has 18 heavy (non-hydrogen) atoms. The highest BCUT2D eigenvalue weighted by Crippen LogP contribution is 2.43. The maximum atomic E-state index is 9.40. The third kappa shape index (κ3) is 3.73. The van der Waals surface area contributed by atoms with Crippen molar-refractivity contribution < 1.29 is 5.11 Å². The summed E-state index contributed by atoms with van der Waals surface area (Å²) in [6, 6.07) is 2.76. The van der Waals surface area contributed by atoms with Crippen LogP contribution in [0.2, 0.25) is 0 Å². The molecule has 1 aromatic rings. The summed E-state index contributed by atoms with van der Waals surface area (Å²) in [7, 11) is 0. The normalized spacial score (nSPS) is 26.7. The predicted molar refractivity (Wildman–Crippen MR) is 80.5 cm³/mol. The zero-order valence-electron chi connectivity index (χ0n) is 11.3. The maximum Gasteiger partial charge on any atom is 0.0649 e. The van der Waals surface area contributed by atoms with Gasteiger partial charge >= 0.3 is 0 Å². The second kappa shape index (κ2) is 6.42. The summed E-state index contributed by atoms with van der Waals surface area (Å²) in [6.45, 7) is 7.37. The molecule has 1 aliphatic rings. The molecule has 2 rings (SSSR count).